The second kappa shape index (κ2) is 5.46. The van der Waals surface area contributed by atoms with Crippen LogP contribution in [0, 0.1) is 0 Å². The molecule has 7 nitrogen and oxygen atoms in total. The van der Waals surface area contributed by atoms with Crippen LogP contribution in [0.15, 0.2) is 21.0 Å². The predicted octanol–water partition coefficient (Wildman–Crippen LogP) is 1.90. The third-order valence-electron chi connectivity index (χ3n) is 3.25. The summed E-state index contributed by atoms with van der Waals surface area (Å²) >= 11 is 0. The van der Waals surface area contributed by atoms with Crippen LogP contribution in [0.5, 0.6) is 0 Å². The third-order valence-corrected chi connectivity index (χ3v) is 3.25. The summed E-state index contributed by atoms with van der Waals surface area (Å²) in [5.74, 6) is 1.11. The van der Waals surface area contributed by atoms with Gasteiger partial charge in [0, 0.05) is 6.42 Å². The minimum absolute atomic E-state index is 0.0865. The zero-order chi connectivity index (χ0) is 13.9. The molecule has 106 valence electrons. The number of aryl methyl sites for hydroxylation is 1. The van der Waals surface area contributed by atoms with Gasteiger partial charge in [-0.2, -0.15) is 0 Å². The van der Waals surface area contributed by atoms with Crippen molar-refractivity contribution in [2.24, 2.45) is 0 Å². The van der Waals surface area contributed by atoms with Crippen molar-refractivity contribution in [2.45, 2.75) is 32.2 Å². The van der Waals surface area contributed by atoms with Gasteiger partial charge in [0.05, 0.1) is 6.04 Å². The number of amides is 1. The van der Waals surface area contributed by atoms with Gasteiger partial charge in [0.15, 0.2) is 5.76 Å². The van der Waals surface area contributed by atoms with E-state index in [2.05, 4.69) is 20.8 Å². The average molecular weight is 276 g/mol. The van der Waals surface area contributed by atoms with Gasteiger partial charge in [-0.05, 0) is 31.5 Å². The Kier molecular flexibility index (Phi) is 3.51. The van der Waals surface area contributed by atoms with Crippen LogP contribution in [0.25, 0.3) is 0 Å². The Labute approximate surface area is 115 Å². The molecule has 1 aliphatic heterocycles. The lowest BCUT2D eigenvalue weighted by Crippen LogP contribution is -2.13. The summed E-state index contributed by atoms with van der Waals surface area (Å²) in [5, 5.41) is 13.6. The van der Waals surface area contributed by atoms with Crippen molar-refractivity contribution in [3.05, 3.63) is 29.5 Å². The molecule has 1 fully saturated rings. The zero-order valence-corrected chi connectivity index (χ0v) is 11.2. The van der Waals surface area contributed by atoms with Crippen molar-refractivity contribution in [2.75, 3.05) is 11.9 Å². The topological polar surface area (TPSA) is 93.2 Å². The smallest absolute Gasteiger partial charge is 0.322 e. The minimum atomic E-state index is -0.390. The first kappa shape index (κ1) is 12.9. The number of carbonyl (C=O) groups is 1. The largest absolute Gasteiger partial charge is 0.456 e. The van der Waals surface area contributed by atoms with Crippen LogP contribution >= 0.6 is 0 Å². The third kappa shape index (κ3) is 2.57. The number of furan rings is 1. The van der Waals surface area contributed by atoms with Crippen molar-refractivity contribution >= 4 is 11.9 Å². The molecule has 0 saturated carbocycles. The van der Waals surface area contributed by atoms with E-state index in [-0.39, 0.29) is 23.7 Å². The molecule has 0 bridgehead atoms. The van der Waals surface area contributed by atoms with Crippen molar-refractivity contribution in [3.8, 4) is 0 Å². The lowest BCUT2D eigenvalue weighted by molar-refractivity contribution is 0.0992. The molecule has 3 heterocycles. The van der Waals surface area contributed by atoms with E-state index >= 15 is 0 Å². The highest BCUT2D eigenvalue weighted by atomic mass is 16.4. The fraction of sp³-hybridized carbons (Fsp3) is 0.462. The second-order valence-corrected chi connectivity index (χ2v) is 4.67. The van der Waals surface area contributed by atoms with Crippen LogP contribution in [0.4, 0.5) is 6.01 Å². The molecule has 1 atom stereocenters. The maximum Gasteiger partial charge on any atom is 0.322 e. The lowest BCUT2D eigenvalue weighted by Gasteiger charge is -2.02. The Morgan fingerprint density at radius 2 is 2.35 bits per heavy atom. The summed E-state index contributed by atoms with van der Waals surface area (Å²) in [7, 11) is 0. The number of rotatable bonds is 4. The normalized spacial score (nSPS) is 18.4. The first-order valence-corrected chi connectivity index (χ1v) is 6.73. The molecular weight excluding hydrogens is 260 g/mol. The lowest BCUT2D eigenvalue weighted by atomic mass is 10.2. The molecule has 1 amide bonds. The minimum Gasteiger partial charge on any atom is -0.456 e. The molecule has 20 heavy (non-hydrogen) atoms. The van der Waals surface area contributed by atoms with Gasteiger partial charge in [0.25, 0.3) is 5.91 Å². The molecule has 0 aromatic carbocycles. The number of hydrogen-bond acceptors (Lipinski definition) is 6. The summed E-state index contributed by atoms with van der Waals surface area (Å²) in [6, 6.07) is 3.58. The van der Waals surface area contributed by atoms with E-state index in [0.29, 0.717) is 5.89 Å². The maximum absolute atomic E-state index is 11.9. The summed E-state index contributed by atoms with van der Waals surface area (Å²) in [6.45, 7) is 2.90. The Hall–Kier alpha value is -2.15. The number of nitrogens with zero attached hydrogens (tertiary/aromatic N) is 2. The molecule has 1 aliphatic rings. The summed E-state index contributed by atoms with van der Waals surface area (Å²) < 4.78 is 10.8. The van der Waals surface area contributed by atoms with E-state index in [1.54, 1.807) is 12.1 Å². The average Bonchev–Trinajstić information content (AvgIpc) is 3.19. The second-order valence-electron chi connectivity index (χ2n) is 4.67. The molecule has 2 aromatic heterocycles. The number of hydrogen-bond donors (Lipinski definition) is 2. The first-order chi connectivity index (χ1) is 9.76. The van der Waals surface area contributed by atoms with Crippen LogP contribution in [0.2, 0.25) is 0 Å². The van der Waals surface area contributed by atoms with Crippen molar-refractivity contribution in [1.29, 1.82) is 0 Å². The van der Waals surface area contributed by atoms with Gasteiger partial charge in [-0.15, -0.1) is 5.10 Å². The highest BCUT2D eigenvalue weighted by Gasteiger charge is 2.23. The number of anilines is 1. The van der Waals surface area contributed by atoms with E-state index in [9.17, 15) is 4.79 Å². The Bertz CT molecular complexity index is 598. The van der Waals surface area contributed by atoms with Gasteiger partial charge in [0.2, 0.25) is 5.89 Å². The van der Waals surface area contributed by atoms with Gasteiger partial charge in [-0.1, -0.05) is 12.0 Å². The quantitative estimate of drug-likeness (QED) is 0.886. The van der Waals surface area contributed by atoms with Gasteiger partial charge >= 0.3 is 6.01 Å². The first-order valence-electron chi connectivity index (χ1n) is 6.73. The van der Waals surface area contributed by atoms with Gasteiger partial charge in [-0.25, -0.2) is 0 Å². The molecule has 7 heteroatoms. The number of aromatic nitrogens is 2. The Balaban J connectivity index is 1.66. The van der Waals surface area contributed by atoms with Crippen molar-refractivity contribution in [3.63, 3.8) is 0 Å². The SMILES string of the molecule is CCc1ccc(C(=O)Nc2nnc(C3CCCN3)o2)o1. The van der Waals surface area contributed by atoms with Crippen LogP contribution in [-0.2, 0) is 6.42 Å². The van der Waals surface area contributed by atoms with Crippen LogP contribution in [0.1, 0.15) is 48.0 Å². The number of nitrogens with one attached hydrogen (secondary N) is 2. The fourth-order valence-electron chi connectivity index (χ4n) is 2.17. The highest BCUT2D eigenvalue weighted by Crippen LogP contribution is 2.23. The fourth-order valence-corrected chi connectivity index (χ4v) is 2.17. The van der Waals surface area contributed by atoms with E-state index in [1.807, 2.05) is 6.92 Å². The van der Waals surface area contributed by atoms with E-state index in [4.69, 9.17) is 8.83 Å². The summed E-state index contributed by atoms with van der Waals surface area (Å²) in [6.07, 6.45) is 2.79. The van der Waals surface area contributed by atoms with E-state index in [1.165, 1.54) is 0 Å². The predicted molar refractivity (Wildman–Crippen MR) is 70.3 cm³/mol. The molecular formula is C13H16N4O3. The molecule has 1 unspecified atom stereocenters. The Morgan fingerprint density at radius 1 is 1.45 bits per heavy atom. The van der Waals surface area contributed by atoms with E-state index < -0.39 is 0 Å². The molecule has 0 aliphatic carbocycles. The molecule has 0 spiro atoms. The zero-order valence-electron chi connectivity index (χ0n) is 11.2. The molecule has 0 radical (unpaired) electrons. The molecule has 1 saturated heterocycles. The molecule has 3 rings (SSSR count). The summed E-state index contributed by atoms with van der Waals surface area (Å²) in [5.41, 5.74) is 0. The molecule has 2 N–H and O–H groups in total. The van der Waals surface area contributed by atoms with Crippen LogP contribution in [-0.4, -0.2) is 22.6 Å². The van der Waals surface area contributed by atoms with Gasteiger partial charge < -0.3 is 14.2 Å². The van der Waals surface area contributed by atoms with Gasteiger partial charge in [0.1, 0.15) is 5.76 Å². The van der Waals surface area contributed by atoms with Crippen LogP contribution in [0.3, 0.4) is 0 Å². The van der Waals surface area contributed by atoms with E-state index in [0.717, 1.165) is 31.6 Å². The van der Waals surface area contributed by atoms with Gasteiger partial charge in [-0.3, -0.25) is 10.1 Å². The standard InChI is InChI=1S/C13H16N4O3/c1-2-8-5-6-10(19-8)11(18)15-13-17-16-12(20-13)9-4-3-7-14-9/h5-6,9,14H,2-4,7H2,1H3,(H,15,17,18). The summed E-state index contributed by atoms with van der Waals surface area (Å²) in [4.78, 5) is 11.9. The number of carbonyl (C=O) groups excluding carboxylic acids is 1. The molecule has 2 aromatic rings. The van der Waals surface area contributed by atoms with Crippen LogP contribution < -0.4 is 10.6 Å². The Morgan fingerprint density at radius 3 is 3.05 bits per heavy atom. The monoisotopic (exact) mass is 276 g/mol. The van der Waals surface area contributed by atoms with Crippen molar-refractivity contribution in [1.82, 2.24) is 15.5 Å². The highest BCUT2D eigenvalue weighted by molar-refractivity contribution is 6.00. The van der Waals surface area contributed by atoms with Crippen molar-refractivity contribution < 1.29 is 13.6 Å². The maximum atomic E-state index is 11.9.